The zero-order valence-electron chi connectivity index (χ0n) is 21.2. The summed E-state index contributed by atoms with van der Waals surface area (Å²) in [6, 6.07) is 3.36. The summed E-state index contributed by atoms with van der Waals surface area (Å²) in [5.41, 5.74) is -0.261. The lowest BCUT2D eigenvalue weighted by atomic mass is 9.93. The zero-order valence-corrected chi connectivity index (χ0v) is 21.2. The van der Waals surface area contributed by atoms with E-state index in [2.05, 4.69) is 4.74 Å². The molecule has 0 heterocycles. The SMILES string of the molecule is COC(=O)c1c(O)cc(O)c(Cc2c(O)cc(C)c(Oc3c(C=O)c(O)cc(C)c3C(=O)OC)c2O)c1C. The van der Waals surface area contributed by atoms with Gasteiger partial charge < -0.3 is 39.7 Å². The van der Waals surface area contributed by atoms with E-state index < -0.39 is 40.7 Å². The molecule has 11 nitrogen and oxygen atoms in total. The average molecular weight is 526 g/mol. The van der Waals surface area contributed by atoms with Crippen LogP contribution in [0.5, 0.6) is 40.2 Å². The molecule has 0 unspecified atom stereocenters. The zero-order chi connectivity index (χ0) is 28.5. The summed E-state index contributed by atoms with van der Waals surface area (Å²) in [7, 11) is 2.24. The summed E-state index contributed by atoms with van der Waals surface area (Å²) in [4.78, 5) is 36.4. The van der Waals surface area contributed by atoms with Gasteiger partial charge in [-0.25, -0.2) is 9.59 Å². The van der Waals surface area contributed by atoms with Crippen molar-refractivity contribution in [3.8, 4) is 40.2 Å². The van der Waals surface area contributed by atoms with Gasteiger partial charge in [0.05, 0.1) is 19.8 Å². The van der Waals surface area contributed by atoms with Crippen molar-refractivity contribution < 1.29 is 54.1 Å². The minimum Gasteiger partial charge on any atom is -0.508 e. The highest BCUT2D eigenvalue weighted by atomic mass is 16.5. The highest BCUT2D eigenvalue weighted by molar-refractivity contribution is 5.99. The molecular formula is C27H26O11. The van der Waals surface area contributed by atoms with Crippen molar-refractivity contribution in [1.82, 2.24) is 0 Å². The second-order valence-electron chi connectivity index (χ2n) is 8.47. The predicted molar refractivity (Wildman–Crippen MR) is 133 cm³/mol. The summed E-state index contributed by atoms with van der Waals surface area (Å²) < 4.78 is 15.3. The molecule has 3 rings (SSSR count). The number of hydrogen-bond acceptors (Lipinski definition) is 11. The number of esters is 2. The molecule has 0 fully saturated rings. The van der Waals surface area contributed by atoms with Crippen molar-refractivity contribution >= 4 is 18.2 Å². The number of rotatable bonds is 7. The van der Waals surface area contributed by atoms with Crippen LogP contribution in [0.2, 0.25) is 0 Å². The number of carbonyl (C=O) groups is 3. The van der Waals surface area contributed by atoms with Gasteiger partial charge in [-0.1, -0.05) is 0 Å². The van der Waals surface area contributed by atoms with E-state index in [1.807, 2.05) is 0 Å². The summed E-state index contributed by atoms with van der Waals surface area (Å²) >= 11 is 0. The molecule has 38 heavy (non-hydrogen) atoms. The molecule has 0 bridgehead atoms. The van der Waals surface area contributed by atoms with Crippen molar-refractivity contribution in [3.05, 3.63) is 62.7 Å². The van der Waals surface area contributed by atoms with Crippen molar-refractivity contribution in [2.75, 3.05) is 14.2 Å². The fraction of sp³-hybridized carbons (Fsp3) is 0.222. The number of phenolic OH excluding ortho intramolecular Hbond substituents is 5. The molecule has 3 aromatic carbocycles. The maximum Gasteiger partial charge on any atom is 0.341 e. The quantitative estimate of drug-likeness (QED) is 0.222. The maximum atomic E-state index is 12.5. The first-order chi connectivity index (χ1) is 17.9. The van der Waals surface area contributed by atoms with Crippen molar-refractivity contribution in [2.45, 2.75) is 27.2 Å². The Bertz CT molecular complexity index is 1470. The van der Waals surface area contributed by atoms with E-state index >= 15 is 0 Å². The molecule has 0 saturated carbocycles. The molecular weight excluding hydrogens is 500 g/mol. The van der Waals surface area contributed by atoms with E-state index in [1.165, 1.54) is 32.9 Å². The number of benzene rings is 3. The molecule has 0 aromatic heterocycles. The van der Waals surface area contributed by atoms with Crippen LogP contribution in [-0.2, 0) is 15.9 Å². The predicted octanol–water partition coefficient (Wildman–Crippen LogP) is 3.91. The molecule has 0 aliphatic rings. The standard InChI is InChI=1S/C27H26O11/c1-11-6-18(30)16(10-28)25(21(11)26(34)36-4)38-24-12(2)7-17(29)15(23(24)33)8-14-13(3)22(27(35)37-5)20(32)9-19(14)31/h6-7,9-10,29-33H,8H2,1-5H3. The van der Waals surface area contributed by atoms with Crippen molar-refractivity contribution in [1.29, 1.82) is 0 Å². The van der Waals surface area contributed by atoms with Crippen LogP contribution in [0.1, 0.15) is 58.9 Å². The second kappa shape index (κ2) is 10.6. The number of methoxy groups -OCH3 is 2. The minimum atomic E-state index is -0.864. The maximum absolute atomic E-state index is 12.5. The van der Waals surface area contributed by atoms with Crippen LogP contribution < -0.4 is 4.74 Å². The van der Waals surface area contributed by atoms with E-state index in [-0.39, 0.29) is 68.7 Å². The van der Waals surface area contributed by atoms with Crippen LogP contribution in [0.15, 0.2) is 18.2 Å². The third-order valence-corrected chi connectivity index (χ3v) is 6.14. The minimum absolute atomic E-state index is 0.0839. The van der Waals surface area contributed by atoms with E-state index in [1.54, 1.807) is 0 Å². The Labute approximate surface area is 217 Å². The van der Waals surface area contributed by atoms with Gasteiger partial charge in [0.15, 0.2) is 23.5 Å². The van der Waals surface area contributed by atoms with Gasteiger partial charge in [-0.05, 0) is 49.6 Å². The largest absolute Gasteiger partial charge is 0.508 e. The van der Waals surface area contributed by atoms with Gasteiger partial charge in [-0.3, -0.25) is 4.79 Å². The number of ether oxygens (including phenoxy) is 3. The Morgan fingerprint density at radius 1 is 0.737 bits per heavy atom. The molecule has 0 spiro atoms. The van der Waals surface area contributed by atoms with Gasteiger partial charge in [0, 0.05) is 23.6 Å². The first-order valence-electron chi connectivity index (χ1n) is 11.1. The normalized spacial score (nSPS) is 10.7. The molecule has 0 radical (unpaired) electrons. The van der Waals surface area contributed by atoms with Crippen LogP contribution in [0.3, 0.4) is 0 Å². The molecule has 3 aromatic rings. The summed E-state index contributed by atoms with van der Waals surface area (Å²) in [6.45, 7) is 4.40. The lowest BCUT2D eigenvalue weighted by molar-refractivity contribution is 0.0587. The first-order valence-corrected chi connectivity index (χ1v) is 11.1. The van der Waals surface area contributed by atoms with Gasteiger partial charge in [-0.15, -0.1) is 0 Å². The van der Waals surface area contributed by atoms with Crippen LogP contribution in [-0.4, -0.2) is 58.0 Å². The number of aromatic hydroxyl groups is 5. The van der Waals surface area contributed by atoms with E-state index in [0.717, 1.165) is 20.3 Å². The van der Waals surface area contributed by atoms with Gasteiger partial charge in [0.25, 0.3) is 0 Å². The van der Waals surface area contributed by atoms with E-state index in [4.69, 9.17) is 9.47 Å². The Kier molecular flexibility index (Phi) is 7.71. The van der Waals surface area contributed by atoms with Crippen LogP contribution >= 0.6 is 0 Å². The molecule has 0 amide bonds. The molecule has 5 N–H and O–H groups in total. The summed E-state index contributed by atoms with van der Waals surface area (Å²) in [5, 5.41) is 52.7. The van der Waals surface area contributed by atoms with E-state index in [9.17, 15) is 39.9 Å². The number of aldehydes is 1. The van der Waals surface area contributed by atoms with Crippen LogP contribution in [0.4, 0.5) is 0 Å². The summed E-state index contributed by atoms with van der Waals surface area (Å²) in [5.74, 6) is -4.79. The molecule has 200 valence electrons. The highest BCUT2D eigenvalue weighted by Gasteiger charge is 2.28. The lowest BCUT2D eigenvalue weighted by Crippen LogP contribution is -2.09. The first kappa shape index (κ1) is 27.7. The van der Waals surface area contributed by atoms with E-state index in [0.29, 0.717) is 0 Å². The van der Waals surface area contributed by atoms with Gasteiger partial charge in [-0.2, -0.15) is 0 Å². The smallest absolute Gasteiger partial charge is 0.341 e. The van der Waals surface area contributed by atoms with Crippen LogP contribution in [0, 0.1) is 20.8 Å². The van der Waals surface area contributed by atoms with Crippen molar-refractivity contribution in [2.24, 2.45) is 0 Å². The fourth-order valence-corrected chi connectivity index (χ4v) is 4.15. The van der Waals surface area contributed by atoms with Gasteiger partial charge >= 0.3 is 11.9 Å². The second-order valence-corrected chi connectivity index (χ2v) is 8.47. The number of aryl methyl sites for hydroxylation is 2. The monoisotopic (exact) mass is 526 g/mol. The Hall–Kier alpha value is -4.93. The molecule has 0 aliphatic carbocycles. The number of phenols is 5. The topological polar surface area (TPSA) is 180 Å². The molecule has 11 heteroatoms. The molecule has 0 aliphatic heterocycles. The Balaban J connectivity index is 2.23. The third-order valence-electron chi connectivity index (χ3n) is 6.14. The van der Waals surface area contributed by atoms with Gasteiger partial charge in [0.2, 0.25) is 0 Å². The molecule has 0 atom stereocenters. The Morgan fingerprint density at radius 3 is 1.87 bits per heavy atom. The number of carbonyl (C=O) groups excluding carboxylic acids is 3. The third kappa shape index (κ3) is 4.73. The average Bonchev–Trinajstić information content (AvgIpc) is 2.85. The number of hydrogen-bond donors (Lipinski definition) is 5. The molecule has 0 saturated heterocycles. The summed E-state index contributed by atoms with van der Waals surface area (Å²) in [6.07, 6.45) is -0.0594. The highest BCUT2D eigenvalue weighted by Crippen LogP contribution is 2.46. The van der Waals surface area contributed by atoms with Crippen molar-refractivity contribution in [3.63, 3.8) is 0 Å². The lowest BCUT2D eigenvalue weighted by Gasteiger charge is -2.20. The Morgan fingerprint density at radius 2 is 1.29 bits per heavy atom. The fourth-order valence-electron chi connectivity index (χ4n) is 4.15. The van der Waals surface area contributed by atoms with Crippen LogP contribution in [0.25, 0.3) is 0 Å². The van der Waals surface area contributed by atoms with Gasteiger partial charge in [0.1, 0.15) is 34.1 Å².